The van der Waals surface area contributed by atoms with Crippen molar-refractivity contribution in [3.63, 3.8) is 0 Å². The lowest BCUT2D eigenvalue weighted by atomic mass is 10.1. The van der Waals surface area contributed by atoms with Gasteiger partial charge in [-0.3, -0.25) is 4.79 Å². The number of benzene rings is 2. The molecule has 0 radical (unpaired) electrons. The van der Waals surface area contributed by atoms with Gasteiger partial charge in [-0.25, -0.2) is 0 Å². The molecule has 0 aliphatic carbocycles. The van der Waals surface area contributed by atoms with Crippen LogP contribution in [-0.4, -0.2) is 31.8 Å². The molecule has 0 saturated carbocycles. The maximum atomic E-state index is 11.4. The lowest BCUT2D eigenvalue weighted by Crippen LogP contribution is -2.36. The molecule has 0 bridgehead atoms. The Balaban J connectivity index is 1.66. The molecule has 2 aromatic rings. The molecule has 0 saturated heterocycles. The van der Waals surface area contributed by atoms with Crippen molar-refractivity contribution >= 4 is 5.91 Å². The highest BCUT2D eigenvalue weighted by molar-refractivity contribution is 5.85. The highest BCUT2D eigenvalue weighted by atomic mass is 16.5. The van der Waals surface area contributed by atoms with Crippen molar-refractivity contribution in [2.75, 3.05) is 20.3 Å². The molecule has 7 nitrogen and oxygen atoms in total. The van der Waals surface area contributed by atoms with Crippen LogP contribution in [0.1, 0.15) is 25.8 Å². The number of hydrogen-bond donors (Lipinski definition) is 1. The zero-order chi connectivity index (χ0) is 20.4. The third kappa shape index (κ3) is 6.66. The quantitative estimate of drug-likeness (QED) is 0.468. The number of rotatable bonds is 11. The van der Waals surface area contributed by atoms with Gasteiger partial charge in [0.2, 0.25) is 0 Å². The molecule has 150 valence electrons. The Morgan fingerprint density at radius 1 is 1.00 bits per heavy atom. The molecule has 28 heavy (non-hydrogen) atoms. The van der Waals surface area contributed by atoms with E-state index in [0.717, 1.165) is 30.0 Å². The number of nitrogens with zero attached hydrogens (tertiary/aromatic N) is 1. The van der Waals surface area contributed by atoms with Crippen LogP contribution in [0.5, 0.6) is 17.2 Å². The first-order chi connectivity index (χ1) is 13.4. The summed E-state index contributed by atoms with van der Waals surface area (Å²) in [6.45, 7) is 5.18. The predicted molar refractivity (Wildman–Crippen MR) is 107 cm³/mol. The minimum absolute atomic E-state index is 0.513. The summed E-state index contributed by atoms with van der Waals surface area (Å²) < 4.78 is 16.3. The van der Waals surface area contributed by atoms with E-state index >= 15 is 0 Å². The summed E-state index contributed by atoms with van der Waals surface area (Å²) in [5.41, 5.74) is -0.188. The maximum Gasteiger partial charge on any atom is 0.328 e. The molecule has 1 amide bonds. The van der Waals surface area contributed by atoms with Crippen molar-refractivity contribution in [1.29, 1.82) is 0 Å². The second-order valence-corrected chi connectivity index (χ2v) is 6.71. The Hall–Kier alpha value is -2.93. The Bertz CT molecular complexity index is 757. The number of carbonyl (C=O) groups excluding carboxylic acids is 1. The highest BCUT2D eigenvalue weighted by Crippen LogP contribution is 2.20. The second kappa shape index (κ2) is 10.4. The van der Waals surface area contributed by atoms with E-state index in [-0.39, 0.29) is 0 Å². The topological polar surface area (TPSA) is 86.2 Å². The molecule has 0 atom stereocenters. The van der Waals surface area contributed by atoms with Gasteiger partial charge in [-0.15, -0.1) is 4.91 Å². The minimum atomic E-state index is -1.27. The van der Waals surface area contributed by atoms with Crippen LogP contribution in [0, 0.1) is 4.91 Å². The van der Waals surface area contributed by atoms with Crippen molar-refractivity contribution in [3.05, 3.63) is 59.0 Å². The number of hydrogen-bond acceptors (Lipinski definition) is 6. The third-order valence-corrected chi connectivity index (χ3v) is 4.05. The van der Waals surface area contributed by atoms with Gasteiger partial charge in [0, 0.05) is 11.7 Å². The van der Waals surface area contributed by atoms with E-state index in [1.807, 2.05) is 36.4 Å². The van der Waals surface area contributed by atoms with Gasteiger partial charge < -0.3 is 19.5 Å². The van der Waals surface area contributed by atoms with E-state index in [0.29, 0.717) is 18.9 Å². The van der Waals surface area contributed by atoms with Crippen LogP contribution in [0.4, 0.5) is 0 Å². The zero-order valence-electron chi connectivity index (χ0n) is 16.4. The second-order valence-electron chi connectivity index (χ2n) is 6.71. The standard InChI is InChI=1S/C21H26N2O5/c1-21(2,20(24)23-25)28-19-7-5-16(6-8-19)15-22-13-4-14-27-18-11-9-17(26-3)10-12-18/h5-12,22H,4,13-15H2,1-3H3. The van der Waals surface area contributed by atoms with Gasteiger partial charge in [0.25, 0.3) is 0 Å². The first-order valence-corrected chi connectivity index (χ1v) is 9.08. The van der Waals surface area contributed by atoms with E-state index in [1.165, 1.54) is 13.8 Å². The zero-order valence-corrected chi connectivity index (χ0v) is 16.4. The molecule has 0 spiro atoms. The van der Waals surface area contributed by atoms with Crippen molar-refractivity contribution < 1.29 is 19.0 Å². The normalized spacial score (nSPS) is 11.0. The number of nitroso groups, excluding NO2 is 1. The van der Waals surface area contributed by atoms with E-state index in [2.05, 4.69) is 10.5 Å². The SMILES string of the molecule is COc1ccc(OCCCNCc2ccc(OC(C)(C)C(=O)N=O)cc2)cc1. The van der Waals surface area contributed by atoms with Crippen LogP contribution in [0.3, 0.4) is 0 Å². The van der Waals surface area contributed by atoms with Crippen LogP contribution in [-0.2, 0) is 11.3 Å². The maximum absolute atomic E-state index is 11.4. The van der Waals surface area contributed by atoms with Crippen LogP contribution >= 0.6 is 0 Å². The van der Waals surface area contributed by atoms with Crippen LogP contribution in [0.2, 0.25) is 0 Å². The van der Waals surface area contributed by atoms with Gasteiger partial charge in [-0.2, -0.15) is 0 Å². The summed E-state index contributed by atoms with van der Waals surface area (Å²) >= 11 is 0. The van der Waals surface area contributed by atoms with E-state index < -0.39 is 11.5 Å². The summed E-state index contributed by atoms with van der Waals surface area (Å²) in [6.07, 6.45) is 0.877. The average molecular weight is 386 g/mol. The summed E-state index contributed by atoms with van der Waals surface area (Å²) in [5, 5.41) is 5.78. The summed E-state index contributed by atoms with van der Waals surface area (Å²) in [4.78, 5) is 21.8. The van der Waals surface area contributed by atoms with Crippen molar-refractivity contribution in [2.24, 2.45) is 5.18 Å². The Morgan fingerprint density at radius 3 is 2.21 bits per heavy atom. The highest BCUT2D eigenvalue weighted by Gasteiger charge is 2.30. The number of nitrogens with one attached hydrogen (secondary N) is 1. The fraction of sp³-hybridized carbons (Fsp3) is 0.381. The fourth-order valence-electron chi connectivity index (χ4n) is 2.42. The lowest BCUT2D eigenvalue weighted by molar-refractivity contribution is -0.130. The Morgan fingerprint density at radius 2 is 1.61 bits per heavy atom. The van der Waals surface area contributed by atoms with Gasteiger partial charge in [0.05, 0.1) is 13.7 Å². The Kier molecular flexibility index (Phi) is 7.95. The molecule has 2 aromatic carbocycles. The molecule has 0 unspecified atom stereocenters. The molecule has 2 rings (SSSR count). The molecule has 0 aliphatic rings. The lowest BCUT2D eigenvalue weighted by Gasteiger charge is -2.21. The fourth-order valence-corrected chi connectivity index (χ4v) is 2.42. The van der Waals surface area contributed by atoms with Gasteiger partial charge in [-0.05, 0) is 68.8 Å². The number of ether oxygens (including phenoxy) is 3. The van der Waals surface area contributed by atoms with Crippen molar-refractivity contribution in [1.82, 2.24) is 5.32 Å². The van der Waals surface area contributed by atoms with Crippen molar-refractivity contribution in [3.8, 4) is 17.2 Å². The van der Waals surface area contributed by atoms with Crippen LogP contribution in [0.25, 0.3) is 0 Å². The van der Waals surface area contributed by atoms with Crippen LogP contribution < -0.4 is 19.5 Å². The van der Waals surface area contributed by atoms with Crippen molar-refractivity contribution in [2.45, 2.75) is 32.4 Å². The first-order valence-electron chi connectivity index (χ1n) is 9.08. The third-order valence-electron chi connectivity index (χ3n) is 4.05. The average Bonchev–Trinajstić information content (AvgIpc) is 2.71. The predicted octanol–water partition coefficient (Wildman–Crippen LogP) is 3.70. The Labute approximate surface area is 165 Å². The van der Waals surface area contributed by atoms with Crippen LogP contribution in [0.15, 0.2) is 53.7 Å². The van der Waals surface area contributed by atoms with Gasteiger partial charge in [0.1, 0.15) is 17.2 Å². The number of amides is 1. The number of methoxy groups -OCH3 is 1. The molecule has 7 heteroatoms. The molecule has 0 aromatic heterocycles. The smallest absolute Gasteiger partial charge is 0.328 e. The van der Waals surface area contributed by atoms with E-state index in [1.54, 1.807) is 19.2 Å². The largest absolute Gasteiger partial charge is 0.497 e. The van der Waals surface area contributed by atoms with Gasteiger partial charge in [0.15, 0.2) is 5.60 Å². The number of carbonyl (C=O) groups is 1. The van der Waals surface area contributed by atoms with Gasteiger partial charge in [-0.1, -0.05) is 12.1 Å². The molecule has 0 fully saturated rings. The molecule has 0 heterocycles. The summed E-state index contributed by atoms with van der Waals surface area (Å²) in [7, 11) is 1.63. The van der Waals surface area contributed by atoms with Gasteiger partial charge >= 0.3 is 5.91 Å². The summed E-state index contributed by atoms with van der Waals surface area (Å²) in [6, 6.07) is 14.9. The summed E-state index contributed by atoms with van der Waals surface area (Å²) in [5.74, 6) is 1.30. The first kappa shape index (κ1) is 21.4. The molecule has 1 N–H and O–H groups in total. The molecule has 0 aliphatic heterocycles. The monoisotopic (exact) mass is 386 g/mol. The minimum Gasteiger partial charge on any atom is -0.497 e. The molecular weight excluding hydrogens is 360 g/mol. The van der Waals surface area contributed by atoms with E-state index in [4.69, 9.17) is 14.2 Å². The van der Waals surface area contributed by atoms with E-state index in [9.17, 15) is 9.70 Å². The molecular formula is C21H26N2O5.